The van der Waals surface area contributed by atoms with Gasteiger partial charge in [-0.3, -0.25) is 9.69 Å². The van der Waals surface area contributed by atoms with Crippen molar-refractivity contribution in [2.24, 2.45) is 11.7 Å². The van der Waals surface area contributed by atoms with Gasteiger partial charge in [0.25, 0.3) is 0 Å². The second-order valence-electron chi connectivity index (χ2n) is 8.93. The molecule has 3 rings (SSSR count). The van der Waals surface area contributed by atoms with E-state index in [1.165, 1.54) is 19.1 Å². The van der Waals surface area contributed by atoms with Crippen molar-refractivity contribution in [2.45, 2.75) is 33.1 Å². The fourth-order valence-electron chi connectivity index (χ4n) is 4.34. The topological polar surface area (TPSA) is 135 Å². The van der Waals surface area contributed by atoms with Crippen molar-refractivity contribution in [1.82, 2.24) is 0 Å². The predicted octanol–water partition coefficient (Wildman–Crippen LogP) is 3.88. The van der Waals surface area contributed by atoms with E-state index in [0.29, 0.717) is 28.9 Å². The molecule has 1 atom stereocenters. The molecule has 1 aliphatic rings. The first-order valence-corrected chi connectivity index (χ1v) is 11.7. The Labute approximate surface area is 216 Å². The van der Waals surface area contributed by atoms with Gasteiger partial charge in [-0.25, -0.2) is 9.59 Å². The maximum Gasteiger partial charge on any atom is 0.355 e. The van der Waals surface area contributed by atoms with E-state index in [-0.39, 0.29) is 34.5 Å². The largest absolute Gasteiger partial charge is 0.466 e. The lowest BCUT2D eigenvalue weighted by atomic mass is 9.80. The smallest absolute Gasteiger partial charge is 0.355 e. The van der Waals surface area contributed by atoms with Crippen LogP contribution in [0.5, 0.6) is 0 Å². The molecule has 3 N–H and O–H groups in total. The van der Waals surface area contributed by atoms with Crippen molar-refractivity contribution < 1.29 is 23.9 Å². The highest BCUT2D eigenvalue weighted by molar-refractivity contribution is 6.07. The number of nitrogens with one attached hydrogen (secondary N) is 1. The summed E-state index contributed by atoms with van der Waals surface area (Å²) in [5.74, 6) is -2.66. The summed E-state index contributed by atoms with van der Waals surface area (Å²) >= 11 is 0. The summed E-state index contributed by atoms with van der Waals surface area (Å²) in [5.41, 5.74) is 8.42. The lowest BCUT2D eigenvalue weighted by molar-refractivity contribution is -0.139. The van der Waals surface area contributed by atoms with Crippen LogP contribution in [0.2, 0.25) is 0 Å². The number of nitrogens with zero attached hydrogens (tertiary/aromatic N) is 2. The van der Waals surface area contributed by atoms with Gasteiger partial charge in [0.05, 0.1) is 43.0 Å². The van der Waals surface area contributed by atoms with Crippen molar-refractivity contribution in [3.63, 3.8) is 0 Å². The lowest BCUT2D eigenvalue weighted by Gasteiger charge is -2.36. The van der Waals surface area contributed by atoms with Crippen molar-refractivity contribution in [3.8, 4) is 6.07 Å². The Bertz CT molecular complexity index is 1320. The number of allylic oxidation sites excluding steroid dienone is 1. The average Bonchev–Trinajstić information content (AvgIpc) is 2.88. The van der Waals surface area contributed by atoms with E-state index in [4.69, 9.17) is 15.2 Å². The molecule has 9 nitrogen and oxygen atoms in total. The molecule has 1 aliphatic heterocycles. The highest BCUT2D eigenvalue weighted by Crippen LogP contribution is 2.44. The van der Waals surface area contributed by atoms with Crippen LogP contribution in [0.15, 0.2) is 71.2 Å². The molecule has 0 fully saturated rings. The fourth-order valence-corrected chi connectivity index (χ4v) is 4.34. The Morgan fingerprint density at radius 2 is 1.70 bits per heavy atom. The van der Waals surface area contributed by atoms with Crippen LogP contribution < -0.4 is 16.0 Å². The zero-order valence-corrected chi connectivity index (χ0v) is 21.5. The minimum atomic E-state index is -0.960. The first kappa shape index (κ1) is 27.0. The van der Waals surface area contributed by atoms with E-state index in [0.717, 1.165) is 0 Å². The summed E-state index contributed by atoms with van der Waals surface area (Å²) in [5, 5.41) is 13.1. The van der Waals surface area contributed by atoms with Crippen molar-refractivity contribution in [1.29, 1.82) is 5.26 Å². The maximum absolute atomic E-state index is 13.2. The molecular weight excluding hydrogens is 472 g/mol. The van der Waals surface area contributed by atoms with Crippen molar-refractivity contribution in [2.75, 3.05) is 24.4 Å². The molecule has 1 amide bonds. The number of rotatable bonds is 7. The number of nitriles is 1. The normalized spacial score (nSPS) is 15.4. The Morgan fingerprint density at radius 1 is 1.05 bits per heavy atom. The van der Waals surface area contributed by atoms with Gasteiger partial charge in [-0.1, -0.05) is 50.2 Å². The number of hydrogen-bond acceptors (Lipinski definition) is 8. The van der Waals surface area contributed by atoms with Crippen LogP contribution in [0.1, 0.15) is 37.3 Å². The summed E-state index contributed by atoms with van der Waals surface area (Å²) in [6.45, 7) is 5.63. The number of ether oxygens (including phenoxy) is 2. The maximum atomic E-state index is 13.2. The van der Waals surface area contributed by atoms with Gasteiger partial charge in [-0.05, 0) is 36.1 Å². The van der Waals surface area contributed by atoms with E-state index < -0.39 is 17.9 Å². The monoisotopic (exact) mass is 502 g/mol. The number of hydrogen-bond donors (Lipinski definition) is 2. The summed E-state index contributed by atoms with van der Waals surface area (Å²) in [6.07, 6.45) is 0.326. The number of amides is 1. The molecule has 1 unspecified atom stereocenters. The Hall–Kier alpha value is -4.58. The summed E-state index contributed by atoms with van der Waals surface area (Å²) < 4.78 is 10.1. The number of carbonyl (C=O) groups excluding carboxylic acids is 3. The quantitative estimate of drug-likeness (QED) is 0.545. The van der Waals surface area contributed by atoms with Crippen LogP contribution >= 0.6 is 0 Å². The molecule has 2 aromatic carbocycles. The third kappa shape index (κ3) is 5.33. The standard InChI is InChI=1S/C28H30N4O5/c1-16(2)14-22(33)31-20-12-9-13-21(17(20)3)32-25(28(35)37-5)24(27(34)36-4)23(19(15-29)26(32)30)18-10-7-6-8-11-18/h6-13,16,23H,14,30H2,1-5H3,(H,31,33). The zero-order valence-electron chi connectivity index (χ0n) is 21.5. The molecule has 9 heteroatoms. The van der Waals surface area contributed by atoms with Crippen LogP contribution in [0.25, 0.3) is 0 Å². The lowest BCUT2D eigenvalue weighted by Crippen LogP contribution is -2.41. The Kier molecular flexibility index (Phi) is 8.35. The van der Waals surface area contributed by atoms with Crippen molar-refractivity contribution in [3.05, 3.63) is 82.3 Å². The van der Waals surface area contributed by atoms with E-state index >= 15 is 0 Å². The number of esters is 2. The minimum absolute atomic E-state index is 0.0434. The van der Waals surface area contributed by atoms with Crippen LogP contribution in [-0.2, 0) is 23.9 Å². The molecule has 0 radical (unpaired) electrons. The highest BCUT2D eigenvalue weighted by Gasteiger charge is 2.43. The first-order chi connectivity index (χ1) is 17.7. The highest BCUT2D eigenvalue weighted by atomic mass is 16.5. The average molecular weight is 503 g/mol. The number of methoxy groups -OCH3 is 2. The molecule has 0 aliphatic carbocycles. The van der Waals surface area contributed by atoms with E-state index in [1.807, 2.05) is 13.8 Å². The molecule has 0 bridgehead atoms. The molecule has 0 saturated heterocycles. The molecule has 37 heavy (non-hydrogen) atoms. The summed E-state index contributed by atoms with van der Waals surface area (Å²) in [7, 11) is 2.38. The van der Waals surface area contributed by atoms with Gasteiger partial charge in [-0.15, -0.1) is 0 Å². The van der Waals surface area contributed by atoms with E-state index in [1.54, 1.807) is 55.5 Å². The zero-order chi connectivity index (χ0) is 27.3. The second-order valence-corrected chi connectivity index (χ2v) is 8.93. The second kappa shape index (κ2) is 11.4. The number of carbonyl (C=O) groups is 3. The molecule has 0 saturated carbocycles. The first-order valence-electron chi connectivity index (χ1n) is 11.7. The van der Waals surface area contributed by atoms with Gasteiger partial charge in [0.1, 0.15) is 11.5 Å². The Morgan fingerprint density at radius 3 is 2.27 bits per heavy atom. The van der Waals surface area contributed by atoms with Gasteiger partial charge < -0.3 is 20.5 Å². The van der Waals surface area contributed by atoms with E-state index in [2.05, 4.69) is 11.4 Å². The SMILES string of the molecule is COC(=O)C1=C(C(=O)OC)N(c2cccc(NC(=O)CC(C)C)c2C)C(N)=C(C#N)C1c1ccccc1. The third-order valence-corrected chi connectivity index (χ3v) is 6.02. The molecule has 1 heterocycles. The van der Waals surface area contributed by atoms with Crippen LogP contribution in [-0.4, -0.2) is 32.1 Å². The number of nitrogens with two attached hydrogens (primary N) is 1. The molecule has 192 valence electrons. The van der Waals surface area contributed by atoms with Crippen LogP contribution in [0.3, 0.4) is 0 Å². The number of anilines is 2. The molecule has 2 aromatic rings. The van der Waals surface area contributed by atoms with Crippen LogP contribution in [0.4, 0.5) is 11.4 Å². The van der Waals surface area contributed by atoms with Gasteiger partial charge >= 0.3 is 11.9 Å². The van der Waals surface area contributed by atoms with Gasteiger partial charge in [0.2, 0.25) is 5.91 Å². The third-order valence-electron chi connectivity index (χ3n) is 6.02. The molecular formula is C28H30N4O5. The minimum Gasteiger partial charge on any atom is -0.466 e. The van der Waals surface area contributed by atoms with Crippen molar-refractivity contribution >= 4 is 29.2 Å². The van der Waals surface area contributed by atoms with E-state index in [9.17, 15) is 19.6 Å². The summed E-state index contributed by atoms with van der Waals surface area (Å²) in [6, 6.07) is 16.0. The van der Waals surface area contributed by atoms with Gasteiger partial charge in [-0.2, -0.15) is 5.26 Å². The van der Waals surface area contributed by atoms with Gasteiger partial charge in [0, 0.05) is 12.1 Å². The molecule has 0 spiro atoms. The predicted molar refractivity (Wildman–Crippen MR) is 139 cm³/mol. The summed E-state index contributed by atoms with van der Waals surface area (Å²) in [4.78, 5) is 40.2. The Balaban J connectivity index is 2.32. The number of benzene rings is 2. The van der Waals surface area contributed by atoms with Gasteiger partial charge in [0.15, 0.2) is 0 Å². The van der Waals surface area contributed by atoms with Crippen LogP contribution in [0, 0.1) is 24.2 Å². The fraction of sp³-hybridized carbons (Fsp3) is 0.286. The molecule has 0 aromatic heterocycles.